The fraction of sp³-hybridized carbons (Fsp3) is 0.800. The van der Waals surface area contributed by atoms with E-state index in [2.05, 4.69) is 20.9 Å². The third kappa shape index (κ3) is 17.1. The highest BCUT2D eigenvalue weighted by Crippen LogP contribution is 2.05. The molecule has 11 heteroatoms. The number of carbonyl (C=O) groups is 3. The predicted molar refractivity (Wildman–Crippen MR) is 135 cm³/mol. The second-order valence-corrected chi connectivity index (χ2v) is 8.63. The largest absolute Gasteiger partial charge is 0.380 e. The van der Waals surface area contributed by atoms with E-state index >= 15 is 0 Å². The Hall–Kier alpha value is -2.37. The third-order valence-electron chi connectivity index (χ3n) is 5.29. The van der Waals surface area contributed by atoms with Crippen molar-refractivity contribution >= 4 is 17.6 Å². The molecule has 2 N–H and O–H groups in total. The second-order valence-electron chi connectivity index (χ2n) is 8.63. The molecule has 1 aromatic heterocycles. The van der Waals surface area contributed by atoms with Crippen molar-refractivity contribution in [3.63, 3.8) is 0 Å². The summed E-state index contributed by atoms with van der Waals surface area (Å²) in [7, 11) is 0. The number of ether oxygens (including phenoxy) is 3. The molecule has 206 valence electrons. The van der Waals surface area contributed by atoms with Crippen LogP contribution in [-0.4, -0.2) is 84.8 Å². The van der Waals surface area contributed by atoms with Gasteiger partial charge in [-0.05, 0) is 46.5 Å². The number of rotatable bonds is 23. The minimum absolute atomic E-state index is 0.0204. The number of hydrogen-bond donors (Lipinski definition) is 2. The van der Waals surface area contributed by atoms with Gasteiger partial charge >= 0.3 is 0 Å². The van der Waals surface area contributed by atoms with Crippen molar-refractivity contribution in [3.05, 3.63) is 11.9 Å². The lowest BCUT2D eigenvalue weighted by molar-refractivity contribution is -0.123. The van der Waals surface area contributed by atoms with Gasteiger partial charge in [0.25, 0.3) is 0 Å². The van der Waals surface area contributed by atoms with Crippen LogP contribution in [0.25, 0.3) is 0 Å². The van der Waals surface area contributed by atoms with Crippen molar-refractivity contribution in [3.8, 4) is 0 Å². The summed E-state index contributed by atoms with van der Waals surface area (Å²) < 4.78 is 17.9. The normalized spacial score (nSPS) is 11.1. The van der Waals surface area contributed by atoms with E-state index in [-0.39, 0.29) is 23.6 Å². The number of aromatic nitrogens is 3. The molecule has 1 heterocycles. The van der Waals surface area contributed by atoms with Crippen LogP contribution >= 0.6 is 0 Å². The number of hydrogen-bond acceptors (Lipinski definition) is 8. The Labute approximate surface area is 215 Å². The first-order valence-corrected chi connectivity index (χ1v) is 13.1. The van der Waals surface area contributed by atoms with Gasteiger partial charge in [0.2, 0.25) is 11.8 Å². The van der Waals surface area contributed by atoms with Gasteiger partial charge in [-0.25, -0.2) is 0 Å². The molecule has 11 nitrogen and oxygen atoms in total. The standard InChI is InChI=1S/C25H45N5O6/c1-4-34-19-23(20-35-5-2)27-25(33)11-7-6-8-15-30-18-22(28-29-30)10-9-12-24(32)26-14-17-36-16-13-21(3)31/h18,23H,4-17,19-20H2,1-3H3,(H,26,32)(H,27,33). The molecule has 0 saturated heterocycles. The van der Waals surface area contributed by atoms with Gasteiger partial charge in [0.05, 0.1) is 38.2 Å². The van der Waals surface area contributed by atoms with Crippen LogP contribution in [0.3, 0.4) is 0 Å². The second kappa shape index (κ2) is 20.8. The first kappa shape index (κ1) is 31.7. The topological polar surface area (TPSA) is 134 Å². The molecule has 0 atom stereocenters. The quantitative estimate of drug-likeness (QED) is 0.213. The van der Waals surface area contributed by atoms with Crippen LogP contribution in [0.2, 0.25) is 0 Å². The lowest BCUT2D eigenvalue weighted by Crippen LogP contribution is -2.41. The van der Waals surface area contributed by atoms with Crippen molar-refractivity contribution in [2.24, 2.45) is 0 Å². The fourth-order valence-corrected chi connectivity index (χ4v) is 3.35. The van der Waals surface area contributed by atoms with Crippen LogP contribution in [0.15, 0.2) is 6.20 Å². The Morgan fingerprint density at radius 2 is 1.64 bits per heavy atom. The number of aryl methyl sites for hydroxylation is 2. The minimum Gasteiger partial charge on any atom is -0.380 e. The molecule has 0 aromatic carbocycles. The molecule has 36 heavy (non-hydrogen) atoms. The molecule has 0 spiro atoms. The van der Waals surface area contributed by atoms with Crippen LogP contribution in [0, 0.1) is 0 Å². The zero-order valence-corrected chi connectivity index (χ0v) is 22.3. The number of ketones is 1. The third-order valence-corrected chi connectivity index (χ3v) is 5.29. The molecule has 0 fully saturated rings. The molecule has 0 aliphatic carbocycles. The number of unbranched alkanes of at least 4 members (excludes halogenated alkanes) is 2. The van der Waals surface area contributed by atoms with Gasteiger partial charge in [-0.2, -0.15) is 0 Å². The number of nitrogens with zero attached hydrogens (tertiary/aromatic N) is 3. The Bertz CT molecular complexity index is 734. The summed E-state index contributed by atoms with van der Waals surface area (Å²) in [6.07, 6.45) is 7.22. The maximum Gasteiger partial charge on any atom is 0.220 e. The van der Waals surface area contributed by atoms with E-state index in [1.54, 1.807) is 0 Å². The zero-order chi connectivity index (χ0) is 26.4. The number of amides is 2. The van der Waals surface area contributed by atoms with Crippen molar-refractivity contribution in [2.75, 3.05) is 46.2 Å². The SMILES string of the molecule is CCOCC(COCC)NC(=O)CCCCCn1cc(CCCC(=O)NCCOCCC(C)=O)nn1. The van der Waals surface area contributed by atoms with Crippen LogP contribution in [0.1, 0.15) is 71.4 Å². The van der Waals surface area contributed by atoms with Crippen molar-refractivity contribution < 1.29 is 28.6 Å². The van der Waals surface area contributed by atoms with E-state index in [1.807, 2.05) is 24.7 Å². The van der Waals surface area contributed by atoms with Gasteiger partial charge in [0, 0.05) is 51.8 Å². The summed E-state index contributed by atoms with van der Waals surface area (Å²) in [5.74, 6) is 0.0903. The fourth-order valence-electron chi connectivity index (χ4n) is 3.35. The molecule has 1 rings (SSSR count). The smallest absolute Gasteiger partial charge is 0.220 e. The lowest BCUT2D eigenvalue weighted by Gasteiger charge is -2.18. The molecular weight excluding hydrogens is 466 g/mol. The Morgan fingerprint density at radius 3 is 2.33 bits per heavy atom. The van der Waals surface area contributed by atoms with Gasteiger partial charge in [0.1, 0.15) is 5.78 Å². The minimum atomic E-state index is -0.116. The van der Waals surface area contributed by atoms with Crippen LogP contribution in [0.5, 0.6) is 0 Å². The van der Waals surface area contributed by atoms with E-state index in [1.165, 1.54) is 6.92 Å². The summed E-state index contributed by atoms with van der Waals surface area (Å²) in [6, 6.07) is -0.116. The van der Waals surface area contributed by atoms with Crippen LogP contribution in [0.4, 0.5) is 0 Å². The molecule has 0 bridgehead atoms. The highest BCUT2D eigenvalue weighted by atomic mass is 16.5. The van der Waals surface area contributed by atoms with Crippen LogP contribution < -0.4 is 10.6 Å². The predicted octanol–water partition coefficient (Wildman–Crippen LogP) is 1.83. The number of carbonyl (C=O) groups excluding carboxylic acids is 3. The van der Waals surface area contributed by atoms with Gasteiger partial charge in [0.15, 0.2) is 0 Å². The monoisotopic (exact) mass is 511 g/mol. The summed E-state index contributed by atoms with van der Waals surface area (Å²) in [5.41, 5.74) is 0.865. The molecule has 0 unspecified atom stereocenters. The molecular formula is C25H45N5O6. The number of nitrogens with one attached hydrogen (secondary N) is 2. The Balaban J connectivity index is 2.10. The summed E-state index contributed by atoms with van der Waals surface area (Å²) in [5, 5.41) is 14.1. The lowest BCUT2D eigenvalue weighted by atomic mass is 10.1. The average Bonchev–Trinajstić information content (AvgIpc) is 3.30. The molecule has 0 radical (unpaired) electrons. The van der Waals surface area contributed by atoms with Gasteiger partial charge in [-0.1, -0.05) is 11.6 Å². The van der Waals surface area contributed by atoms with Crippen molar-refractivity contribution in [1.29, 1.82) is 0 Å². The first-order valence-electron chi connectivity index (χ1n) is 13.1. The van der Waals surface area contributed by atoms with Crippen molar-refractivity contribution in [1.82, 2.24) is 25.6 Å². The Morgan fingerprint density at radius 1 is 0.917 bits per heavy atom. The summed E-state index contributed by atoms with van der Waals surface area (Å²) in [4.78, 5) is 34.9. The Kier molecular flexibility index (Phi) is 18.3. The number of Topliss-reactive ketones (excluding diaryl/α,β-unsaturated/α-hetero) is 1. The average molecular weight is 512 g/mol. The van der Waals surface area contributed by atoms with Crippen LogP contribution in [-0.2, 0) is 41.6 Å². The van der Waals surface area contributed by atoms with E-state index in [0.29, 0.717) is 78.3 Å². The maximum atomic E-state index is 12.2. The molecule has 0 saturated carbocycles. The van der Waals surface area contributed by atoms with Gasteiger partial charge in [-0.15, -0.1) is 5.10 Å². The van der Waals surface area contributed by atoms with E-state index in [0.717, 1.165) is 31.5 Å². The van der Waals surface area contributed by atoms with Gasteiger partial charge < -0.3 is 24.8 Å². The zero-order valence-electron chi connectivity index (χ0n) is 22.3. The highest BCUT2D eigenvalue weighted by molar-refractivity contribution is 5.76. The van der Waals surface area contributed by atoms with E-state index in [9.17, 15) is 14.4 Å². The van der Waals surface area contributed by atoms with E-state index < -0.39 is 0 Å². The maximum absolute atomic E-state index is 12.2. The summed E-state index contributed by atoms with van der Waals surface area (Å²) in [6.45, 7) is 9.50. The first-order chi connectivity index (χ1) is 17.4. The highest BCUT2D eigenvalue weighted by Gasteiger charge is 2.12. The van der Waals surface area contributed by atoms with Gasteiger partial charge in [-0.3, -0.25) is 19.1 Å². The summed E-state index contributed by atoms with van der Waals surface area (Å²) >= 11 is 0. The molecule has 0 aliphatic heterocycles. The molecule has 2 amide bonds. The molecule has 1 aromatic rings. The molecule has 0 aliphatic rings. The van der Waals surface area contributed by atoms with E-state index in [4.69, 9.17) is 14.2 Å². The van der Waals surface area contributed by atoms with Crippen molar-refractivity contribution in [2.45, 2.75) is 84.7 Å².